The summed E-state index contributed by atoms with van der Waals surface area (Å²) in [7, 11) is 0. The molecule has 0 atom stereocenters. The maximum atomic E-state index is 12.2. The fraction of sp³-hybridized carbons (Fsp3) is 0.444. The number of hydrogen-bond acceptors (Lipinski definition) is 3. The standard InChI is InChI=1S/C18H24N2O2/c1-4-5-10-20-18(22)16(12-21)11-17(19-20)15-8-6-14(7-9-15)13(2)3/h6-9,11,13,21H,4-5,10,12H2,1-3H3. The van der Waals surface area contributed by atoms with Gasteiger partial charge < -0.3 is 5.11 Å². The Hall–Kier alpha value is -1.94. The average Bonchev–Trinajstić information content (AvgIpc) is 2.54. The van der Waals surface area contributed by atoms with E-state index in [-0.39, 0.29) is 12.2 Å². The van der Waals surface area contributed by atoms with E-state index in [0.717, 1.165) is 24.1 Å². The van der Waals surface area contributed by atoms with Crippen LogP contribution in [0.3, 0.4) is 0 Å². The molecule has 0 aliphatic carbocycles. The number of hydrogen-bond donors (Lipinski definition) is 1. The number of aryl methyl sites for hydroxylation is 1. The Bertz CT molecular complexity index is 672. The highest BCUT2D eigenvalue weighted by Crippen LogP contribution is 2.21. The van der Waals surface area contributed by atoms with E-state index in [4.69, 9.17) is 0 Å². The minimum absolute atomic E-state index is 0.196. The summed E-state index contributed by atoms with van der Waals surface area (Å²) in [6.07, 6.45) is 1.89. The third kappa shape index (κ3) is 3.63. The van der Waals surface area contributed by atoms with Gasteiger partial charge in [0.15, 0.2) is 0 Å². The van der Waals surface area contributed by atoms with E-state index in [2.05, 4.69) is 38.0 Å². The summed E-state index contributed by atoms with van der Waals surface area (Å²) < 4.78 is 1.47. The molecule has 1 N–H and O–H groups in total. The quantitative estimate of drug-likeness (QED) is 0.890. The zero-order valence-electron chi connectivity index (χ0n) is 13.5. The highest BCUT2D eigenvalue weighted by Gasteiger charge is 2.09. The maximum absolute atomic E-state index is 12.2. The number of aliphatic hydroxyl groups is 1. The molecule has 1 heterocycles. The van der Waals surface area contributed by atoms with Gasteiger partial charge in [0, 0.05) is 17.7 Å². The van der Waals surface area contributed by atoms with Crippen molar-refractivity contribution in [2.24, 2.45) is 0 Å². The van der Waals surface area contributed by atoms with E-state index < -0.39 is 0 Å². The van der Waals surface area contributed by atoms with Gasteiger partial charge in [-0.25, -0.2) is 4.68 Å². The molecule has 118 valence electrons. The van der Waals surface area contributed by atoms with Crippen LogP contribution in [0.25, 0.3) is 11.3 Å². The van der Waals surface area contributed by atoms with Crippen molar-refractivity contribution in [3.8, 4) is 11.3 Å². The summed E-state index contributed by atoms with van der Waals surface area (Å²) in [5.41, 5.74) is 3.16. The molecule has 2 rings (SSSR count). The smallest absolute Gasteiger partial charge is 0.272 e. The summed E-state index contributed by atoms with van der Waals surface area (Å²) in [6, 6.07) is 9.90. The SMILES string of the molecule is CCCCn1nc(-c2ccc(C(C)C)cc2)cc(CO)c1=O. The molecule has 0 saturated heterocycles. The summed E-state index contributed by atoms with van der Waals surface area (Å²) in [4.78, 5) is 12.2. The van der Waals surface area contributed by atoms with Crippen LogP contribution in [0.1, 0.15) is 50.7 Å². The van der Waals surface area contributed by atoms with Gasteiger partial charge in [-0.1, -0.05) is 51.5 Å². The third-order valence-electron chi connectivity index (χ3n) is 3.82. The molecule has 0 fully saturated rings. The Morgan fingerprint density at radius 1 is 1.23 bits per heavy atom. The Morgan fingerprint density at radius 3 is 2.45 bits per heavy atom. The van der Waals surface area contributed by atoms with Gasteiger partial charge in [-0.05, 0) is 24.0 Å². The fourth-order valence-corrected chi connectivity index (χ4v) is 2.35. The Morgan fingerprint density at radius 2 is 1.91 bits per heavy atom. The van der Waals surface area contributed by atoms with Crippen molar-refractivity contribution in [3.05, 3.63) is 51.8 Å². The number of aliphatic hydroxyl groups excluding tert-OH is 1. The monoisotopic (exact) mass is 300 g/mol. The molecule has 0 aliphatic heterocycles. The van der Waals surface area contributed by atoms with E-state index >= 15 is 0 Å². The minimum atomic E-state index is -0.259. The maximum Gasteiger partial charge on any atom is 0.272 e. The minimum Gasteiger partial charge on any atom is -0.391 e. The van der Waals surface area contributed by atoms with Crippen molar-refractivity contribution in [2.45, 2.75) is 52.7 Å². The number of benzene rings is 1. The van der Waals surface area contributed by atoms with Crippen molar-refractivity contribution in [3.63, 3.8) is 0 Å². The first-order valence-corrected chi connectivity index (χ1v) is 7.89. The van der Waals surface area contributed by atoms with Crippen LogP contribution in [0.5, 0.6) is 0 Å². The van der Waals surface area contributed by atoms with Gasteiger partial charge in [0.2, 0.25) is 0 Å². The zero-order valence-corrected chi connectivity index (χ0v) is 13.5. The lowest BCUT2D eigenvalue weighted by Gasteiger charge is -2.11. The van der Waals surface area contributed by atoms with Gasteiger partial charge in [-0.2, -0.15) is 5.10 Å². The number of rotatable bonds is 6. The highest BCUT2D eigenvalue weighted by atomic mass is 16.3. The molecule has 1 aromatic heterocycles. The lowest BCUT2D eigenvalue weighted by atomic mass is 10.0. The largest absolute Gasteiger partial charge is 0.391 e. The first kappa shape index (κ1) is 16.4. The van der Waals surface area contributed by atoms with Gasteiger partial charge >= 0.3 is 0 Å². The van der Waals surface area contributed by atoms with E-state index in [1.165, 1.54) is 10.2 Å². The first-order chi connectivity index (χ1) is 10.6. The first-order valence-electron chi connectivity index (χ1n) is 7.89. The molecule has 0 saturated carbocycles. The van der Waals surface area contributed by atoms with Crippen molar-refractivity contribution in [1.29, 1.82) is 0 Å². The van der Waals surface area contributed by atoms with E-state index in [1.54, 1.807) is 6.07 Å². The summed E-state index contributed by atoms with van der Waals surface area (Å²) in [5, 5.41) is 13.9. The Balaban J connectivity index is 2.43. The molecular formula is C18H24N2O2. The zero-order chi connectivity index (χ0) is 16.1. The molecule has 22 heavy (non-hydrogen) atoms. The van der Waals surface area contributed by atoms with Crippen LogP contribution in [-0.4, -0.2) is 14.9 Å². The molecule has 1 aromatic carbocycles. The van der Waals surface area contributed by atoms with Crippen molar-refractivity contribution in [2.75, 3.05) is 0 Å². The van der Waals surface area contributed by atoms with E-state index in [0.29, 0.717) is 18.0 Å². The molecule has 2 aromatic rings. The topological polar surface area (TPSA) is 55.1 Å². The van der Waals surface area contributed by atoms with Crippen molar-refractivity contribution in [1.82, 2.24) is 9.78 Å². The van der Waals surface area contributed by atoms with Gasteiger partial charge in [-0.3, -0.25) is 4.79 Å². The molecule has 0 aliphatic rings. The molecule has 4 heteroatoms. The van der Waals surface area contributed by atoms with E-state index in [9.17, 15) is 9.90 Å². The average molecular weight is 300 g/mol. The number of unbranched alkanes of at least 4 members (excludes halogenated alkanes) is 1. The fourth-order valence-electron chi connectivity index (χ4n) is 2.35. The summed E-state index contributed by atoms with van der Waals surface area (Å²) in [5.74, 6) is 0.480. The molecule has 0 amide bonds. The molecule has 0 spiro atoms. The van der Waals surface area contributed by atoms with Crippen molar-refractivity contribution < 1.29 is 5.11 Å². The van der Waals surface area contributed by atoms with Crippen LogP contribution in [0, 0.1) is 0 Å². The molecule has 4 nitrogen and oxygen atoms in total. The van der Waals surface area contributed by atoms with Crippen LogP contribution in [0.15, 0.2) is 35.1 Å². The number of nitrogens with zero attached hydrogens (tertiary/aromatic N) is 2. The molecular weight excluding hydrogens is 276 g/mol. The van der Waals surface area contributed by atoms with Crippen LogP contribution in [0.4, 0.5) is 0 Å². The Kier molecular flexibility index (Phi) is 5.50. The third-order valence-corrected chi connectivity index (χ3v) is 3.82. The lowest BCUT2D eigenvalue weighted by molar-refractivity contribution is 0.278. The van der Waals surface area contributed by atoms with Crippen LogP contribution >= 0.6 is 0 Å². The highest BCUT2D eigenvalue weighted by molar-refractivity contribution is 5.59. The van der Waals surface area contributed by atoms with Gasteiger partial charge in [0.05, 0.1) is 12.3 Å². The van der Waals surface area contributed by atoms with Crippen LogP contribution < -0.4 is 5.56 Å². The van der Waals surface area contributed by atoms with Gasteiger partial charge in [0.1, 0.15) is 0 Å². The number of aromatic nitrogens is 2. The van der Waals surface area contributed by atoms with E-state index in [1.807, 2.05) is 12.1 Å². The normalized spacial score (nSPS) is 11.1. The molecule has 0 unspecified atom stereocenters. The van der Waals surface area contributed by atoms with Crippen LogP contribution in [-0.2, 0) is 13.2 Å². The van der Waals surface area contributed by atoms with Gasteiger partial charge in [0.25, 0.3) is 5.56 Å². The summed E-state index contributed by atoms with van der Waals surface area (Å²) >= 11 is 0. The predicted octanol–water partition coefficient (Wildman–Crippen LogP) is 3.33. The molecule has 0 bridgehead atoms. The Labute approximate surface area is 131 Å². The van der Waals surface area contributed by atoms with Gasteiger partial charge in [-0.15, -0.1) is 0 Å². The second-order valence-corrected chi connectivity index (χ2v) is 5.87. The lowest BCUT2D eigenvalue weighted by Crippen LogP contribution is -2.26. The summed E-state index contributed by atoms with van der Waals surface area (Å²) in [6.45, 7) is 6.71. The van der Waals surface area contributed by atoms with Crippen molar-refractivity contribution >= 4 is 0 Å². The second kappa shape index (κ2) is 7.36. The predicted molar refractivity (Wildman–Crippen MR) is 88.9 cm³/mol. The van der Waals surface area contributed by atoms with Crippen LogP contribution in [0.2, 0.25) is 0 Å². The second-order valence-electron chi connectivity index (χ2n) is 5.87. The molecule has 0 radical (unpaired) electrons.